The summed E-state index contributed by atoms with van der Waals surface area (Å²) >= 11 is 0. The van der Waals surface area contributed by atoms with Crippen molar-refractivity contribution in [1.29, 1.82) is 0 Å². The number of rotatable bonds is 5. The van der Waals surface area contributed by atoms with Crippen LogP contribution in [0.2, 0.25) is 0 Å². The molecule has 0 saturated carbocycles. The molecule has 0 aliphatic heterocycles. The van der Waals surface area contributed by atoms with E-state index in [2.05, 4.69) is 15.3 Å². The quantitative estimate of drug-likeness (QED) is 0.743. The van der Waals surface area contributed by atoms with Crippen molar-refractivity contribution in [2.45, 2.75) is 13.8 Å². The lowest BCUT2D eigenvalue weighted by molar-refractivity contribution is 0.102. The van der Waals surface area contributed by atoms with Gasteiger partial charge in [0.15, 0.2) is 17.1 Å². The van der Waals surface area contributed by atoms with Crippen molar-refractivity contribution in [1.82, 2.24) is 9.97 Å². The molecule has 0 saturated heterocycles. The van der Waals surface area contributed by atoms with Crippen molar-refractivity contribution < 1.29 is 19.0 Å². The molecule has 2 aromatic heterocycles. The monoisotopic (exact) mass is 367 g/mol. The van der Waals surface area contributed by atoms with E-state index in [0.29, 0.717) is 34.3 Å². The van der Waals surface area contributed by atoms with Gasteiger partial charge in [0, 0.05) is 16.6 Å². The molecule has 1 amide bonds. The lowest BCUT2D eigenvalue weighted by Crippen LogP contribution is -2.14. The number of fused-ring (bicyclic) bond motifs is 1. The second-order valence-corrected chi connectivity index (χ2v) is 6.02. The molecule has 0 atom stereocenters. The molecule has 3 aromatic rings. The first-order valence-corrected chi connectivity index (χ1v) is 8.33. The minimum absolute atomic E-state index is 0.342. The van der Waals surface area contributed by atoms with Crippen LogP contribution in [0.15, 0.2) is 30.3 Å². The van der Waals surface area contributed by atoms with Crippen molar-refractivity contribution in [2.24, 2.45) is 0 Å². The van der Waals surface area contributed by atoms with Crippen LogP contribution in [0.3, 0.4) is 0 Å². The predicted octanol–water partition coefficient (Wildman–Crippen LogP) is 3.52. The number of aryl methyl sites for hydroxylation is 2. The number of aromatic nitrogens is 2. The van der Waals surface area contributed by atoms with Crippen molar-refractivity contribution in [2.75, 3.05) is 26.6 Å². The summed E-state index contributed by atoms with van der Waals surface area (Å²) in [6.45, 7) is 3.92. The number of amides is 1. The summed E-state index contributed by atoms with van der Waals surface area (Å²) in [6, 6.07) is 8.82. The fraction of sp³-hybridized carbons (Fsp3) is 0.250. The molecule has 0 spiro atoms. The van der Waals surface area contributed by atoms with E-state index >= 15 is 0 Å². The number of ether oxygens (including phenoxy) is 3. The fourth-order valence-corrected chi connectivity index (χ4v) is 2.90. The number of benzene rings is 1. The van der Waals surface area contributed by atoms with Crippen molar-refractivity contribution in [3.63, 3.8) is 0 Å². The second-order valence-electron chi connectivity index (χ2n) is 6.02. The van der Waals surface area contributed by atoms with Gasteiger partial charge >= 0.3 is 0 Å². The molecule has 0 aliphatic rings. The van der Waals surface area contributed by atoms with Crippen molar-refractivity contribution in [3.05, 3.63) is 47.2 Å². The molecule has 3 rings (SSSR count). The van der Waals surface area contributed by atoms with Crippen LogP contribution in [0.4, 0.5) is 5.82 Å². The van der Waals surface area contributed by atoms with Crippen LogP contribution in [-0.4, -0.2) is 37.2 Å². The molecule has 27 heavy (non-hydrogen) atoms. The zero-order valence-corrected chi connectivity index (χ0v) is 15.9. The zero-order chi connectivity index (χ0) is 19.6. The van der Waals surface area contributed by atoms with Crippen LogP contribution in [0, 0.1) is 13.8 Å². The first-order valence-electron chi connectivity index (χ1n) is 8.33. The lowest BCUT2D eigenvalue weighted by atomic mass is 10.1. The number of nitrogens with zero attached hydrogens (tertiary/aromatic N) is 2. The molecule has 0 bridgehead atoms. The van der Waals surface area contributed by atoms with Gasteiger partial charge in [-0.05, 0) is 49.7 Å². The normalized spacial score (nSPS) is 10.6. The molecule has 2 heterocycles. The van der Waals surface area contributed by atoms with Gasteiger partial charge in [-0.3, -0.25) is 4.79 Å². The average Bonchev–Trinajstić information content (AvgIpc) is 2.66. The molecule has 0 aliphatic carbocycles. The summed E-state index contributed by atoms with van der Waals surface area (Å²) in [7, 11) is 4.51. The minimum atomic E-state index is -0.342. The smallest absolute Gasteiger partial charge is 0.257 e. The van der Waals surface area contributed by atoms with Gasteiger partial charge < -0.3 is 19.5 Å². The van der Waals surface area contributed by atoms with Gasteiger partial charge in [0.05, 0.1) is 21.3 Å². The maximum absolute atomic E-state index is 12.7. The van der Waals surface area contributed by atoms with Gasteiger partial charge in [0.1, 0.15) is 5.82 Å². The molecular formula is C20H21N3O4. The fourth-order valence-electron chi connectivity index (χ4n) is 2.90. The van der Waals surface area contributed by atoms with E-state index in [-0.39, 0.29) is 5.91 Å². The SMILES string of the molecule is COc1cc(C(=O)Nc2ccc3c(C)cc(C)nc3n2)cc(OC)c1OC. The Kier molecular flexibility index (Phi) is 5.12. The second kappa shape index (κ2) is 7.49. The van der Waals surface area contributed by atoms with Crippen LogP contribution in [0.1, 0.15) is 21.6 Å². The molecule has 1 N–H and O–H groups in total. The third kappa shape index (κ3) is 3.62. The molecule has 1 aromatic carbocycles. The largest absolute Gasteiger partial charge is 0.493 e. The Hall–Kier alpha value is -3.35. The number of carbonyl (C=O) groups is 1. The number of hydrogen-bond acceptors (Lipinski definition) is 6. The molecule has 140 valence electrons. The van der Waals surface area contributed by atoms with E-state index in [1.165, 1.54) is 21.3 Å². The van der Waals surface area contributed by atoms with Crippen LogP contribution in [0.5, 0.6) is 17.2 Å². The van der Waals surface area contributed by atoms with E-state index in [9.17, 15) is 4.79 Å². The topological polar surface area (TPSA) is 82.6 Å². The number of anilines is 1. The van der Waals surface area contributed by atoms with Gasteiger partial charge in [-0.2, -0.15) is 0 Å². The molecule has 0 unspecified atom stereocenters. The van der Waals surface area contributed by atoms with Gasteiger partial charge in [-0.15, -0.1) is 0 Å². The predicted molar refractivity (Wildman–Crippen MR) is 103 cm³/mol. The maximum Gasteiger partial charge on any atom is 0.257 e. The summed E-state index contributed by atoms with van der Waals surface area (Å²) in [4.78, 5) is 21.6. The molecule has 7 nitrogen and oxygen atoms in total. The minimum Gasteiger partial charge on any atom is -0.493 e. The third-order valence-corrected chi connectivity index (χ3v) is 4.18. The van der Waals surface area contributed by atoms with Crippen molar-refractivity contribution in [3.8, 4) is 17.2 Å². The van der Waals surface area contributed by atoms with Crippen LogP contribution in [-0.2, 0) is 0 Å². The third-order valence-electron chi connectivity index (χ3n) is 4.18. The van der Waals surface area contributed by atoms with E-state index in [4.69, 9.17) is 14.2 Å². The number of carbonyl (C=O) groups excluding carboxylic acids is 1. The van der Waals surface area contributed by atoms with Crippen LogP contribution >= 0.6 is 0 Å². The Bertz CT molecular complexity index is 993. The number of pyridine rings is 2. The Balaban J connectivity index is 1.94. The highest BCUT2D eigenvalue weighted by Crippen LogP contribution is 2.38. The van der Waals surface area contributed by atoms with Crippen LogP contribution < -0.4 is 19.5 Å². The highest BCUT2D eigenvalue weighted by molar-refractivity contribution is 6.05. The van der Waals surface area contributed by atoms with E-state index in [1.54, 1.807) is 18.2 Å². The van der Waals surface area contributed by atoms with E-state index < -0.39 is 0 Å². The summed E-state index contributed by atoms with van der Waals surface area (Å²) in [5.41, 5.74) is 2.92. The molecule has 0 radical (unpaired) electrons. The summed E-state index contributed by atoms with van der Waals surface area (Å²) < 4.78 is 15.9. The van der Waals surface area contributed by atoms with Crippen LogP contribution in [0.25, 0.3) is 11.0 Å². The highest BCUT2D eigenvalue weighted by atomic mass is 16.5. The highest BCUT2D eigenvalue weighted by Gasteiger charge is 2.17. The summed E-state index contributed by atoms with van der Waals surface area (Å²) in [5, 5.41) is 3.74. The Morgan fingerprint density at radius 3 is 2.19 bits per heavy atom. The maximum atomic E-state index is 12.7. The molecule has 0 fully saturated rings. The van der Waals surface area contributed by atoms with Gasteiger partial charge in [0.2, 0.25) is 5.75 Å². The first kappa shape index (κ1) is 18.4. The van der Waals surface area contributed by atoms with Gasteiger partial charge in [-0.25, -0.2) is 9.97 Å². The van der Waals surface area contributed by atoms with E-state index in [0.717, 1.165) is 16.6 Å². The standard InChI is InChI=1S/C20H21N3O4/c1-11-8-12(2)21-19-14(11)6-7-17(22-19)23-20(24)13-9-15(25-3)18(27-5)16(10-13)26-4/h6-10H,1-5H3,(H,21,22,23,24). The van der Waals surface area contributed by atoms with Crippen molar-refractivity contribution >= 4 is 22.8 Å². The Morgan fingerprint density at radius 2 is 1.59 bits per heavy atom. The zero-order valence-electron chi connectivity index (χ0n) is 15.9. The average molecular weight is 367 g/mol. The summed E-state index contributed by atoms with van der Waals surface area (Å²) in [6.07, 6.45) is 0. The van der Waals surface area contributed by atoms with E-state index in [1.807, 2.05) is 26.0 Å². The summed E-state index contributed by atoms with van der Waals surface area (Å²) in [5.74, 6) is 1.31. The number of methoxy groups -OCH3 is 3. The Morgan fingerprint density at radius 1 is 0.926 bits per heavy atom. The lowest BCUT2D eigenvalue weighted by Gasteiger charge is -2.14. The molecular weight excluding hydrogens is 346 g/mol. The van der Waals surface area contributed by atoms with Gasteiger partial charge in [0.25, 0.3) is 5.91 Å². The number of hydrogen-bond donors (Lipinski definition) is 1. The first-order chi connectivity index (χ1) is 13.0. The number of nitrogens with one attached hydrogen (secondary N) is 1. The Labute approximate surface area is 157 Å². The molecule has 7 heteroatoms. The van der Waals surface area contributed by atoms with Gasteiger partial charge in [-0.1, -0.05) is 0 Å².